The van der Waals surface area contributed by atoms with Crippen LogP contribution < -0.4 is 5.32 Å². The van der Waals surface area contributed by atoms with Gasteiger partial charge in [-0.1, -0.05) is 11.6 Å². The minimum atomic E-state index is -4.60. The summed E-state index contributed by atoms with van der Waals surface area (Å²) < 4.78 is 37.4. The molecule has 0 radical (unpaired) electrons. The molecule has 0 fully saturated rings. The lowest BCUT2D eigenvalue weighted by Gasteiger charge is -2.20. The molecule has 0 saturated heterocycles. The lowest BCUT2D eigenvalue weighted by molar-refractivity contribution is -0.144. The molecule has 1 rings (SSSR count). The average molecular weight is 283 g/mol. The number of hydrogen-bond acceptors (Lipinski definition) is 4. The van der Waals surface area contributed by atoms with Gasteiger partial charge in [0.1, 0.15) is 11.0 Å². The first-order valence-corrected chi connectivity index (χ1v) is 5.60. The molecule has 0 spiro atoms. The highest BCUT2D eigenvalue weighted by atomic mass is 35.5. The number of nitrogens with zero attached hydrogens (tertiary/aromatic N) is 3. The summed E-state index contributed by atoms with van der Waals surface area (Å²) in [6.07, 6.45) is -4.60. The molecule has 18 heavy (non-hydrogen) atoms. The Hall–Kier alpha value is -1.08. The highest BCUT2D eigenvalue weighted by Gasteiger charge is 2.35. The van der Waals surface area contributed by atoms with Crippen LogP contribution in [0.4, 0.5) is 19.0 Å². The van der Waals surface area contributed by atoms with Crippen LogP contribution in [0.1, 0.15) is 12.7 Å². The van der Waals surface area contributed by atoms with Crippen LogP contribution in [0.15, 0.2) is 6.07 Å². The van der Waals surface area contributed by atoms with Gasteiger partial charge in [-0.25, -0.2) is 9.97 Å². The highest BCUT2D eigenvalue weighted by molar-refractivity contribution is 6.29. The van der Waals surface area contributed by atoms with Crippen LogP contribution in [0.5, 0.6) is 0 Å². The van der Waals surface area contributed by atoms with Crippen LogP contribution in [-0.2, 0) is 6.18 Å². The summed E-state index contributed by atoms with van der Waals surface area (Å²) in [4.78, 5) is 8.46. The van der Waals surface area contributed by atoms with Gasteiger partial charge in [-0.2, -0.15) is 13.2 Å². The summed E-state index contributed by atoms with van der Waals surface area (Å²) in [6.45, 7) is 2.39. The van der Waals surface area contributed by atoms with Crippen molar-refractivity contribution >= 4 is 17.4 Å². The molecule has 0 bridgehead atoms. The van der Waals surface area contributed by atoms with Crippen molar-refractivity contribution in [2.75, 3.05) is 26.0 Å². The maximum atomic E-state index is 12.5. The molecule has 4 nitrogen and oxygen atoms in total. The number of nitrogens with one attached hydrogen (secondary N) is 1. The molecule has 1 aromatic rings. The van der Waals surface area contributed by atoms with E-state index in [9.17, 15) is 13.2 Å². The van der Waals surface area contributed by atoms with Gasteiger partial charge in [-0.05, 0) is 21.0 Å². The summed E-state index contributed by atoms with van der Waals surface area (Å²) >= 11 is 5.53. The third-order valence-electron chi connectivity index (χ3n) is 2.41. The van der Waals surface area contributed by atoms with Gasteiger partial charge in [0.05, 0.1) is 0 Å². The average Bonchev–Trinajstić information content (AvgIpc) is 2.23. The zero-order chi connectivity index (χ0) is 13.9. The van der Waals surface area contributed by atoms with Crippen molar-refractivity contribution in [1.82, 2.24) is 14.9 Å². The summed E-state index contributed by atoms with van der Waals surface area (Å²) in [5.41, 5.74) is 0. The highest BCUT2D eigenvalue weighted by Crippen LogP contribution is 2.28. The summed E-state index contributed by atoms with van der Waals surface area (Å²) in [5, 5.41) is 2.56. The van der Waals surface area contributed by atoms with Gasteiger partial charge >= 0.3 is 6.18 Å². The molecule has 8 heteroatoms. The first-order chi connectivity index (χ1) is 8.20. The van der Waals surface area contributed by atoms with Crippen molar-refractivity contribution in [3.8, 4) is 0 Å². The lowest BCUT2D eigenvalue weighted by Crippen LogP contribution is -2.31. The van der Waals surface area contributed by atoms with Crippen molar-refractivity contribution in [3.63, 3.8) is 0 Å². The molecular formula is C10H14ClF3N4. The van der Waals surface area contributed by atoms with Gasteiger partial charge in [0.15, 0.2) is 0 Å². The van der Waals surface area contributed by atoms with E-state index in [-0.39, 0.29) is 17.0 Å². The van der Waals surface area contributed by atoms with Crippen molar-refractivity contribution in [2.24, 2.45) is 0 Å². The summed E-state index contributed by atoms with van der Waals surface area (Å²) in [6, 6.07) is 1.41. The normalized spacial score (nSPS) is 13.8. The summed E-state index contributed by atoms with van der Waals surface area (Å²) in [7, 11) is 3.75. The maximum absolute atomic E-state index is 12.5. The maximum Gasteiger partial charge on any atom is 0.451 e. The number of aromatic nitrogens is 2. The van der Waals surface area contributed by atoms with E-state index in [2.05, 4.69) is 15.3 Å². The van der Waals surface area contributed by atoms with Crippen LogP contribution in [0.3, 0.4) is 0 Å². The Labute approximate surface area is 108 Å². The van der Waals surface area contributed by atoms with E-state index < -0.39 is 12.0 Å². The monoisotopic (exact) mass is 282 g/mol. The Balaban J connectivity index is 2.81. The first-order valence-electron chi connectivity index (χ1n) is 5.22. The SMILES string of the molecule is CC(CNc1cc(Cl)nc(C(F)(F)F)n1)N(C)C. The lowest BCUT2D eigenvalue weighted by atomic mass is 10.3. The van der Waals surface area contributed by atoms with Crippen molar-refractivity contribution in [1.29, 1.82) is 0 Å². The van der Waals surface area contributed by atoms with Gasteiger partial charge in [0, 0.05) is 18.7 Å². The molecule has 0 aliphatic heterocycles. The molecule has 0 saturated carbocycles. The molecule has 102 valence electrons. The second kappa shape index (κ2) is 5.71. The van der Waals surface area contributed by atoms with Crippen LogP contribution in [0, 0.1) is 0 Å². The van der Waals surface area contributed by atoms with E-state index in [0.717, 1.165) is 0 Å². The van der Waals surface area contributed by atoms with E-state index in [0.29, 0.717) is 6.54 Å². The zero-order valence-corrected chi connectivity index (χ0v) is 11.0. The molecule has 1 aromatic heterocycles. The topological polar surface area (TPSA) is 41.1 Å². The number of likely N-dealkylation sites (N-methyl/N-ethyl adjacent to an activating group) is 1. The van der Waals surface area contributed by atoms with Gasteiger partial charge in [0.2, 0.25) is 5.82 Å². The van der Waals surface area contributed by atoms with Crippen molar-refractivity contribution < 1.29 is 13.2 Å². The van der Waals surface area contributed by atoms with Gasteiger partial charge in [-0.3, -0.25) is 0 Å². The van der Waals surface area contributed by atoms with Crippen molar-refractivity contribution in [2.45, 2.75) is 19.1 Å². The minimum absolute atomic E-state index is 0.0658. The van der Waals surface area contributed by atoms with Gasteiger partial charge in [0.25, 0.3) is 0 Å². The van der Waals surface area contributed by atoms with Crippen molar-refractivity contribution in [3.05, 3.63) is 17.0 Å². The molecule has 1 N–H and O–H groups in total. The number of hydrogen-bond donors (Lipinski definition) is 1. The quantitative estimate of drug-likeness (QED) is 0.862. The van der Waals surface area contributed by atoms with E-state index in [1.165, 1.54) is 6.07 Å². The van der Waals surface area contributed by atoms with Gasteiger partial charge < -0.3 is 10.2 Å². The number of anilines is 1. The Morgan fingerprint density at radius 2 is 2.00 bits per heavy atom. The number of rotatable bonds is 4. The first kappa shape index (κ1) is 15.0. The fraction of sp³-hybridized carbons (Fsp3) is 0.600. The second-order valence-electron chi connectivity index (χ2n) is 4.09. The Kier molecular flexibility index (Phi) is 4.75. The molecule has 0 aliphatic rings. The van der Waals surface area contributed by atoms with Crippen LogP contribution >= 0.6 is 11.6 Å². The zero-order valence-electron chi connectivity index (χ0n) is 10.2. The van der Waals surface area contributed by atoms with E-state index in [4.69, 9.17) is 11.6 Å². The second-order valence-corrected chi connectivity index (χ2v) is 4.48. The predicted octanol–water partition coefficient (Wildman–Crippen LogP) is 2.51. The molecule has 0 amide bonds. The molecule has 1 heterocycles. The largest absolute Gasteiger partial charge is 0.451 e. The number of halogens is 4. The Morgan fingerprint density at radius 3 is 2.50 bits per heavy atom. The smallest absolute Gasteiger partial charge is 0.368 e. The molecule has 0 aromatic carbocycles. The molecule has 1 unspecified atom stereocenters. The van der Waals surface area contributed by atoms with E-state index in [1.807, 2.05) is 25.9 Å². The molecule has 1 atom stereocenters. The predicted molar refractivity (Wildman–Crippen MR) is 63.7 cm³/mol. The number of alkyl halides is 3. The van der Waals surface area contributed by atoms with Crippen LogP contribution in [0.2, 0.25) is 5.15 Å². The molecular weight excluding hydrogens is 269 g/mol. The minimum Gasteiger partial charge on any atom is -0.368 e. The Morgan fingerprint density at radius 1 is 1.39 bits per heavy atom. The standard InChI is InChI=1S/C10H14ClF3N4/c1-6(18(2)3)5-15-8-4-7(11)16-9(17-8)10(12,13)14/h4,6H,5H2,1-3H3,(H,15,16,17). The third kappa shape index (κ3) is 4.30. The fourth-order valence-corrected chi connectivity index (χ4v) is 1.25. The van der Waals surface area contributed by atoms with E-state index >= 15 is 0 Å². The van der Waals surface area contributed by atoms with Crippen LogP contribution in [-0.4, -0.2) is 41.5 Å². The fourth-order valence-electron chi connectivity index (χ4n) is 1.07. The third-order valence-corrected chi connectivity index (χ3v) is 2.60. The Bertz CT molecular complexity index is 409. The summed E-state index contributed by atoms with van der Waals surface area (Å²) in [5.74, 6) is -1.17. The van der Waals surface area contributed by atoms with Crippen LogP contribution in [0.25, 0.3) is 0 Å². The van der Waals surface area contributed by atoms with E-state index in [1.54, 1.807) is 0 Å². The van der Waals surface area contributed by atoms with Gasteiger partial charge in [-0.15, -0.1) is 0 Å². The molecule has 0 aliphatic carbocycles.